The molecule has 0 aliphatic carbocycles. The maximum atomic E-state index is 5.84. The van der Waals surface area contributed by atoms with Crippen molar-refractivity contribution in [1.29, 1.82) is 0 Å². The van der Waals surface area contributed by atoms with Gasteiger partial charge in [-0.2, -0.15) is 0 Å². The Morgan fingerprint density at radius 2 is 2.15 bits per heavy atom. The van der Waals surface area contributed by atoms with Crippen LogP contribution in [0.2, 0.25) is 0 Å². The average molecular weight is 277 g/mol. The summed E-state index contributed by atoms with van der Waals surface area (Å²) in [5.74, 6) is 0.611. The van der Waals surface area contributed by atoms with E-state index in [0.717, 1.165) is 39.3 Å². The Bertz CT molecular complexity index is 431. The fourth-order valence-corrected chi connectivity index (χ4v) is 2.71. The SMILES string of the molecule is C[C@H]1COC(OCc2cccc(N3CCOCC3)c2)C1. The lowest BCUT2D eigenvalue weighted by Crippen LogP contribution is -2.36. The summed E-state index contributed by atoms with van der Waals surface area (Å²) >= 11 is 0. The van der Waals surface area contributed by atoms with Crippen molar-refractivity contribution in [1.82, 2.24) is 0 Å². The second-order valence-corrected chi connectivity index (χ2v) is 5.68. The third-order valence-electron chi connectivity index (χ3n) is 3.88. The molecular formula is C16H23NO3. The molecule has 0 N–H and O–H groups in total. The van der Waals surface area contributed by atoms with Crippen LogP contribution in [-0.2, 0) is 20.8 Å². The second kappa shape index (κ2) is 6.57. The Balaban J connectivity index is 1.56. The fraction of sp³-hybridized carbons (Fsp3) is 0.625. The number of anilines is 1. The Labute approximate surface area is 120 Å². The van der Waals surface area contributed by atoms with Crippen LogP contribution in [0.3, 0.4) is 0 Å². The molecule has 2 aliphatic heterocycles. The summed E-state index contributed by atoms with van der Waals surface area (Å²) < 4.78 is 16.8. The molecule has 1 unspecified atom stereocenters. The summed E-state index contributed by atoms with van der Waals surface area (Å²) in [5.41, 5.74) is 2.47. The van der Waals surface area contributed by atoms with Gasteiger partial charge in [-0.15, -0.1) is 0 Å². The lowest BCUT2D eigenvalue weighted by molar-refractivity contribution is -0.118. The maximum absolute atomic E-state index is 5.84. The van der Waals surface area contributed by atoms with E-state index in [1.54, 1.807) is 0 Å². The van der Waals surface area contributed by atoms with Gasteiger partial charge < -0.3 is 19.1 Å². The fourth-order valence-electron chi connectivity index (χ4n) is 2.71. The first-order chi connectivity index (χ1) is 9.81. The molecule has 0 spiro atoms. The third kappa shape index (κ3) is 3.51. The second-order valence-electron chi connectivity index (χ2n) is 5.68. The van der Waals surface area contributed by atoms with Crippen LogP contribution in [0.15, 0.2) is 24.3 Å². The molecule has 2 fully saturated rings. The van der Waals surface area contributed by atoms with Crippen molar-refractivity contribution in [3.63, 3.8) is 0 Å². The molecule has 3 rings (SSSR count). The summed E-state index contributed by atoms with van der Waals surface area (Å²) in [6.45, 7) is 7.20. The molecule has 20 heavy (non-hydrogen) atoms. The minimum Gasteiger partial charge on any atom is -0.378 e. The number of ether oxygens (including phenoxy) is 3. The highest BCUT2D eigenvalue weighted by Crippen LogP contribution is 2.22. The van der Waals surface area contributed by atoms with E-state index in [1.165, 1.54) is 11.3 Å². The first-order valence-corrected chi connectivity index (χ1v) is 7.46. The van der Waals surface area contributed by atoms with Crippen molar-refractivity contribution in [2.75, 3.05) is 37.8 Å². The van der Waals surface area contributed by atoms with Crippen LogP contribution in [0.4, 0.5) is 5.69 Å². The van der Waals surface area contributed by atoms with Gasteiger partial charge >= 0.3 is 0 Å². The van der Waals surface area contributed by atoms with Gasteiger partial charge in [0.2, 0.25) is 0 Å². The lowest BCUT2D eigenvalue weighted by atomic mass is 10.1. The standard InChI is InChI=1S/C16H23NO3/c1-13-9-16(19-11-13)20-12-14-3-2-4-15(10-14)17-5-7-18-8-6-17/h2-4,10,13,16H,5-9,11-12H2,1H3/t13-,16?/m1/s1. The molecule has 4 heteroatoms. The zero-order chi connectivity index (χ0) is 13.8. The van der Waals surface area contributed by atoms with Gasteiger partial charge in [0.05, 0.1) is 26.4 Å². The number of benzene rings is 1. The van der Waals surface area contributed by atoms with Gasteiger partial charge in [0.1, 0.15) is 0 Å². The molecular weight excluding hydrogens is 254 g/mol. The quantitative estimate of drug-likeness (QED) is 0.846. The topological polar surface area (TPSA) is 30.9 Å². The van der Waals surface area contributed by atoms with Crippen LogP contribution in [0.5, 0.6) is 0 Å². The lowest BCUT2D eigenvalue weighted by Gasteiger charge is -2.29. The van der Waals surface area contributed by atoms with Gasteiger partial charge in [0, 0.05) is 25.2 Å². The Hall–Kier alpha value is -1.10. The molecule has 1 aromatic carbocycles. The Morgan fingerprint density at radius 3 is 2.90 bits per heavy atom. The minimum absolute atomic E-state index is 0.0305. The van der Waals surface area contributed by atoms with E-state index in [0.29, 0.717) is 12.5 Å². The van der Waals surface area contributed by atoms with Crippen molar-refractivity contribution >= 4 is 5.69 Å². The molecule has 110 valence electrons. The first kappa shape index (κ1) is 13.9. The van der Waals surface area contributed by atoms with Crippen molar-refractivity contribution in [2.24, 2.45) is 5.92 Å². The molecule has 4 nitrogen and oxygen atoms in total. The molecule has 2 heterocycles. The molecule has 2 saturated heterocycles. The van der Waals surface area contributed by atoms with Crippen molar-refractivity contribution in [3.8, 4) is 0 Å². The number of morpholine rings is 1. The van der Waals surface area contributed by atoms with Crippen LogP contribution in [0.1, 0.15) is 18.9 Å². The monoisotopic (exact) mass is 277 g/mol. The Kier molecular flexibility index (Phi) is 4.55. The zero-order valence-electron chi connectivity index (χ0n) is 12.1. The van der Waals surface area contributed by atoms with E-state index in [1.807, 2.05) is 0 Å². The van der Waals surface area contributed by atoms with Crippen molar-refractivity contribution < 1.29 is 14.2 Å². The summed E-state index contributed by atoms with van der Waals surface area (Å²) in [6, 6.07) is 8.58. The molecule has 1 aromatic rings. The smallest absolute Gasteiger partial charge is 0.158 e. The highest BCUT2D eigenvalue weighted by Gasteiger charge is 2.22. The molecule has 0 radical (unpaired) electrons. The van der Waals surface area contributed by atoms with Crippen LogP contribution in [0.25, 0.3) is 0 Å². The summed E-state index contributed by atoms with van der Waals surface area (Å²) in [4.78, 5) is 2.36. The van der Waals surface area contributed by atoms with E-state index in [-0.39, 0.29) is 6.29 Å². The van der Waals surface area contributed by atoms with Gasteiger partial charge in [-0.3, -0.25) is 0 Å². The van der Waals surface area contributed by atoms with Gasteiger partial charge in [0.15, 0.2) is 6.29 Å². The van der Waals surface area contributed by atoms with Gasteiger partial charge in [0.25, 0.3) is 0 Å². The molecule has 0 bridgehead atoms. The molecule has 2 aliphatic rings. The number of hydrogen-bond donors (Lipinski definition) is 0. The normalized spacial score (nSPS) is 26.9. The van der Waals surface area contributed by atoms with Crippen LogP contribution < -0.4 is 4.90 Å². The number of rotatable bonds is 4. The molecule has 0 amide bonds. The predicted octanol–water partition coefficient (Wildman–Crippen LogP) is 2.42. The van der Waals surface area contributed by atoms with Gasteiger partial charge in [-0.05, 0) is 23.6 Å². The highest BCUT2D eigenvalue weighted by atomic mass is 16.7. The van der Waals surface area contributed by atoms with Crippen LogP contribution in [-0.4, -0.2) is 39.2 Å². The van der Waals surface area contributed by atoms with Crippen molar-refractivity contribution in [3.05, 3.63) is 29.8 Å². The largest absolute Gasteiger partial charge is 0.378 e. The van der Waals surface area contributed by atoms with E-state index in [4.69, 9.17) is 14.2 Å². The third-order valence-corrected chi connectivity index (χ3v) is 3.88. The zero-order valence-corrected chi connectivity index (χ0v) is 12.1. The van der Waals surface area contributed by atoms with E-state index in [2.05, 4.69) is 36.1 Å². The average Bonchev–Trinajstić information content (AvgIpc) is 2.92. The highest BCUT2D eigenvalue weighted by molar-refractivity contribution is 5.48. The summed E-state index contributed by atoms with van der Waals surface area (Å²) in [6.07, 6.45) is 0.973. The maximum Gasteiger partial charge on any atom is 0.158 e. The number of nitrogens with zero attached hydrogens (tertiary/aromatic N) is 1. The van der Waals surface area contributed by atoms with E-state index in [9.17, 15) is 0 Å². The molecule has 2 atom stereocenters. The summed E-state index contributed by atoms with van der Waals surface area (Å²) in [7, 11) is 0. The Morgan fingerprint density at radius 1 is 1.30 bits per heavy atom. The molecule has 0 saturated carbocycles. The first-order valence-electron chi connectivity index (χ1n) is 7.46. The van der Waals surface area contributed by atoms with Crippen molar-refractivity contribution in [2.45, 2.75) is 26.2 Å². The van der Waals surface area contributed by atoms with E-state index >= 15 is 0 Å². The van der Waals surface area contributed by atoms with Crippen LogP contribution in [0, 0.1) is 5.92 Å². The van der Waals surface area contributed by atoms with E-state index < -0.39 is 0 Å². The van der Waals surface area contributed by atoms with Crippen LogP contribution >= 0.6 is 0 Å². The molecule has 0 aromatic heterocycles. The summed E-state index contributed by atoms with van der Waals surface area (Å²) in [5, 5.41) is 0. The van der Waals surface area contributed by atoms with Gasteiger partial charge in [-0.1, -0.05) is 19.1 Å². The van der Waals surface area contributed by atoms with Gasteiger partial charge in [-0.25, -0.2) is 0 Å². The minimum atomic E-state index is -0.0305. The number of hydrogen-bond acceptors (Lipinski definition) is 4. The predicted molar refractivity (Wildman–Crippen MR) is 77.8 cm³/mol.